The lowest BCUT2D eigenvalue weighted by Crippen LogP contribution is -2.51. The van der Waals surface area contributed by atoms with E-state index in [2.05, 4.69) is 15.2 Å². The Bertz CT molecular complexity index is 838. The van der Waals surface area contributed by atoms with Gasteiger partial charge in [0.15, 0.2) is 5.37 Å². The van der Waals surface area contributed by atoms with E-state index in [4.69, 9.17) is 0 Å². The van der Waals surface area contributed by atoms with Gasteiger partial charge >= 0.3 is 0 Å². The van der Waals surface area contributed by atoms with E-state index in [1.165, 1.54) is 11.4 Å². The largest absolute Gasteiger partial charge is 0.371 e. The van der Waals surface area contributed by atoms with E-state index >= 15 is 0 Å². The van der Waals surface area contributed by atoms with Crippen LogP contribution in [0.2, 0.25) is 0 Å². The summed E-state index contributed by atoms with van der Waals surface area (Å²) in [7, 11) is -2.21. The average Bonchev–Trinajstić information content (AvgIpc) is 2.73. The SMILES string of the molecule is CN(c1ccccc1)S(=O)(=O)C(NC=O)C1CCN(c2ccncc2)CC1. The maximum absolute atomic E-state index is 13.2. The summed E-state index contributed by atoms with van der Waals surface area (Å²) in [5.74, 6) is -0.149. The second kappa shape index (κ2) is 8.39. The number of anilines is 2. The van der Waals surface area contributed by atoms with Crippen molar-refractivity contribution in [2.24, 2.45) is 5.92 Å². The zero-order valence-corrected chi connectivity index (χ0v) is 16.0. The van der Waals surface area contributed by atoms with Gasteiger partial charge in [-0.2, -0.15) is 0 Å². The van der Waals surface area contributed by atoms with Gasteiger partial charge in [0.05, 0.1) is 5.69 Å². The van der Waals surface area contributed by atoms with Crippen molar-refractivity contribution in [1.82, 2.24) is 10.3 Å². The first-order chi connectivity index (χ1) is 13.0. The fourth-order valence-electron chi connectivity index (χ4n) is 3.50. The van der Waals surface area contributed by atoms with Gasteiger partial charge in [0.2, 0.25) is 6.41 Å². The number of hydrogen-bond donors (Lipinski definition) is 1. The molecule has 7 nitrogen and oxygen atoms in total. The molecule has 0 bridgehead atoms. The lowest BCUT2D eigenvalue weighted by Gasteiger charge is -2.38. The molecule has 3 rings (SSSR count). The van der Waals surface area contributed by atoms with E-state index < -0.39 is 15.4 Å². The third kappa shape index (κ3) is 4.21. The van der Waals surface area contributed by atoms with Crippen LogP contribution in [-0.2, 0) is 14.8 Å². The second-order valence-corrected chi connectivity index (χ2v) is 8.67. The predicted molar refractivity (Wildman–Crippen MR) is 106 cm³/mol. The van der Waals surface area contributed by atoms with Gasteiger partial charge < -0.3 is 10.2 Å². The normalized spacial score (nSPS) is 16.6. The zero-order valence-electron chi connectivity index (χ0n) is 15.2. The number of benzene rings is 1. The molecule has 27 heavy (non-hydrogen) atoms. The Morgan fingerprint density at radius 3 is 2.37 bits per heavy atom. The fourth-order valence-corrected chi connectivity index (χ4v) is 5.25. The molecule has 1 aliphatic heterocycles. The number of amides is 1. The van der Waals surface area contributed by atoms with Crippen LogP contribution in [0, 0.1) is 5.92 Å². The van der Waals surface area contributed by atoms with Crippen LogP contribution >= 0.6 is 0 Å². The summed E-state index contributed by atoms with van der Waals surface area (Å²) < 4.78 is 27.6. The van der Waals surface area contributed by atoms with E-state index in [0.29, 0.717) is 24.9 Å². The number of rotatable bonds is 7. The predicted octanol–water partition coefficient (Wildman–Crippen LogP) is 1.84. The minimum absolute atomic E-state index is 0.149. The third-order valence-corrected chi connectivity index (χ3v) is 7.19. The molecule has 1 aromatic carbocycles. The van der Waals surface area contributed by atoms with Gasteiger partial charge in [0.25, 0.3) is 10.0 Å². The summed E-state index contributed by atoms with van der Waals surface area (Å²) in [6.45, 7) is 1.46. The summed E-state index contributed by atoms with van der Waals surface area (Å²) in [5.41, 5.74) is 1.65. The number of sulfonamides is 1. The van der Waals surface area contributed by atoms with Gasteiger partial charge in [-0.3, -0.25) is 14.1 Å². The highest BCUT2D eigenvalue weighted by atomic mass is 32.2. The van der Waals surface area contributed by atoms with Crippen molar-refractivity contribution in [3.8, 4) is 0 Å². The van der Waals surface area contributed by atoms with Gasteiger partial charge in [-0.15, -0.1) is 0 Å². The Kier molecular flexibility index (Phi) is 5.95. The van der Waals surface area contributed by atoms with Crippen LogP contribution in [0.15, 0.2) is 54.9 Å². The highest BCUT2D eigenvalue weighted by Crippen LogP contribution is 2.29. The summed E-state index contributed by atoms with van der Waals surface area (Å²) in [5, 5.41) is 1.61. The summed E-state index contributed by atoms with van der Waals surface area (Å²) >= 11 is 0. The highest BCUT2D eigenvalue weighted by molar-refractivity contribution is 7.93. The molecule has 1 N–H and O–H groups in total. The van der Waals surface area contributed by atoms with Crippen molar-refractivity contribution in [3.63, 3.8) is 0 Å². The number of nitrogens with one attached hydrogen (secondary N) is 1. The highest BCUT2D eigenvalue weighted by Gasteiger charge is 2.38. The lowest BCUT2D eigenvalue weighted by atomic mass is 9.96. The van der Waals surface area contributed by atoms with E-state index in [1.807, 2.05) is 18.2 Å². The van der Waals surface area contributed by atoms with Gasteiger partial charge in [-0.05, 0) is 43.0 Å². The Labute approximate surface area is 160 Å². The summed E-state index contributed by atoms with van der Waals surface area (Å²) in [4.78, 5) is 17.4. The standard InChI is InChI=1S/C19H24N4O3S/c1-22(17-5-3-2-4-6-17)27(25,26)19(21-15-24)16-9-13-23(14-10-16)18-7-11-20-12-8-18/h2-8,11-12,15-16,19H,9-10,13-14H2,1H3,(H,21,24). The maximum atomic E-state index is 13.2. The van der Waals surface area contributed by atoms with E-state index in [9.17, 15) is 13.2 Å². The molecule has 1 aromatic heterocycles. The molecule has 2 heterocycles. The number of aromatic nitrogens is 1. The van der Waals surface area contributed by atoms with E-state index in [0.717, 1.165) is 18.8 Å². The van der Waals surface area contributed by atoms with Crippen molar-refractivity contribution in [2.75, 3.05) is 29.3 Å². The molecule has 0 radical (unpaired) electrons. The first-order valence-corrected chi connectivity index (χ1v) is 10.4. The number of pyridine rings is 1. The van der Waals surface area contributed by atoms with E-state index in [1.54, 1.807) is 36.7 Å². The van der Waals surface area contributed by atoms with Crippen molar-refractivity contribution in [2.45, 2.75) is 18.2 Å². The quantitative estimate of drug-likeness (QED) is 0.732. The Hall–Kier alpha value is -2.61. The zero-order chi connectivity index (χ0) is 19.3. The molecule has 1 aliphatic rings. The fraction of sp³-hybridized carbons (Fsp3) is 0.368. The van der Waals surface area contributed by atoms with Crippen molar-refractivity contribution < 1.29 is 13.2 Å². The lowest BCUT2D eigenvalue weighted by molar-refractivity contribution is -0.110. The first-order valence-electron chi connectivity index (χ1n) is 8.91. The van der Waals surface area contributed by atoms with Crippen LogP contribution in [-0.4, -0.2) is 45.3 Å². The molecule has 1 amide bonds. The van der Waals surface area contributed by atoms with Crippen LogP contribution in [0.25, 0.3) is 0 Å². The molecule has 2 aromatic rings. The molecular formula is C19H24N4O3S. The first kappa shape index (κ1) is 19.2. The van der Waals surface area contributed by atoms with Gasteiger partial charge in [-0.25, -0.2) is 8.42 Å². The van der Waals surface area contributed by atoms with Crippen molar-refractivity contribution in [1.29, 1.82) is 0 Å². The van der Waals surface area contributed by atoms with Crippen LogP contribution < -0.4 is 14.5 Å². The number of para-hydroxylation sites is 1. The molecular weight excluding hydrogens is 364 g/mol. The summed E-state index contributed by atoms with van der Waals surface area (Å²) in [6, 6.07) is 12.8. The smallest absolute Gasteiger partial charge is 0.256 e. The Balaban J connectivity index is 1.75. The van der Waals surface area contributed by atoms with Crippen molar-refractivity contribution in [3.05, 3.63) is 54.9 Å². The third-order valence-electron chi connectivity index (χ3n) is 5.05. The molecule has 1 fully saturated rings. The van der Waals surface area contributed by atoms with Crippen LogP contribution in [0.5, 0.6) is 0 Å². The van der Waals surface area contributed by atoms with Gasteiger partial charge in [0, 0.05) is 38.2 Å². The monoisotopic (exact) mass is 388 g/mol. The van der Waals surface area contributed by atoms with Crippen LogP contribution in [0.3, 0.4) is 0 Å². The second-order valence-electron chi connectivity index (χ2n) is 6.58. The molecule has 0 saturated carbocycles. The Morgan fingerprint density at radius 2 is 1.78 bits per heavy atom. The number of carbonyl (C=O) groups is 1. The molecule has 1 atom stereocenters. The summed E-state index contributed by atoms with van der Waals surface area (Å²) in [6.07, 6.45) is 5.33. The molecule has 1 saturated heterocycles. The van der Waals surface area contributed by atoms with Gasteiger partial charge in [0.1, 0.15) is 0 Å². The van der Waals surface area contributed by atoms with Crippen molar-refractivity contribution >= 4 is 27.8 Å². The molecule has 0 spiro atoms. The van der Waals surface area contributed by atoms with E-state index in [-0.39, 0.29) is 5.92 Å². The maximum Gasteiger partial charge on any atom is 0.256 e. The molecule has 1 unspecified atom stereocenters. The van der Waals surface area contributed by atoms with Crippen LogP contribution in [0.1, 0.15) is 12.8 Å². The molecule has 8 heteroatoms. The average molecular weight is 388 g/mol. The minimum atomic E-state index is -3.74. The number of piperidine rings is 1. The molecule has 0 aliphatic carbocycles. The van der Waals surface area contributed by atoms with Crippen LogP contribution in [0.4, 0.5) is 11.4 Å². The number of hydrogen-bond acceptors (Lipinski definition) is 5. The number of nitrogens with zero attached hydrogens (tertiary/aromatic N) is 3. The number of carbonyl (C=O) groups excluding carboxylic acids is 1. The topological polar surface area (TPSA) is 82.6 Å². The molecule has 144 valence electrons. The Morgan fingerprint density at radius 1 is 1.15 bits per heavy atom. The minimum Gasteiger partial charge on any atom is -0.371 e. The van der Waals surface area contributed by atoms with Gasteiger partial charge in [-0.1, -0.05) is 18.2 Å².